The summed E-state index contributed by atoms with van der Waals surface area (Å²) in [5.74, 6) is 0.359. The summed E-state index contributed by atoms with van der Waals surface area (Å²) in [5, 5.41) is 2.61. The first-order chi connectivity index (χ1) is 9.76. The second kappa shape index (κ2) is 5.63. The molecule has 0 unspecified atom stereocenters. The van der Waals surface area contributed by atoms with E-state index in [9.17, 15) is 4.79 Å². The summed E-state index contributed by atoms with van der Waals surface area (Å²) >= 11 is 0. The molecule has 1 aliphatic rings. The molecule has 0 N–H and O–H groups in total. The Morgan fingerprint density at radius 3 is 2.75 bits per heavy atom. The zero-order valence-electron chi connectivity index (χ0n) is 11.7. The Morgan fingerprint density at radius 2 is 1.95 bits per heavy atom. The van der Waals surface area contributed by atoms with Gasteiger partial charge < -0.3 is 4.74 Å². The molecule has 1 aliphatic heterocycles. The maximum Gasteiger partial charge on any atom is 0.305 e. The Kier molecular flexibility index (Phi) is 3.70. The molecule has 0 aromatic heterocycles. The average Bonchev–Trinajstić information content (AvgIpc) is 2.45. The van der Waals surface area contributed by atoms with Crippen LogP contribution >= 0.6 is 0 Å². The van der Waals surface area contributed by atoms with E-state index in [1.807, 2.05) is 0 Å². The van der Waals surface area contributed by atoms with Crippen LogP contribution in [0.25, 0.3) is 10.8 Å². The lowest BCUT2D eigenvalue weighted by Gasteiger charge is -2.39. The van der Waals surface area contributed by atoms with E-state index >= 15 is 0 Å². The number of likely N-dealkylation sites (tertiary alicyclic amines) is 1. The molecular formula is C17H19NO2. The molecule has 104 valence electrons. The first-order valence-corrected chi connectivity index (χ1v) is 7.02. The van der Waals surface area contributed by atoms with Gasteiger partial charge in [0.2, 0.25) is 0 Å². The quantitative estimate of drug-likeness (QED) is 0.799. The lowest BCUT2D eigenvalue weighted by atomic mass is 9.95. The molecule has 3 rings (SSSR count). The minimum Gasteiger partial charge on any atom is -0.469 e. The van der Waals surface area contributed by atoms with E-state index in [1.54, 1.807) is 0 Å². The summed E-state index contributed by atoms with van der Waals surface area (Å²) in [5.41, 5.74) is 1.36. The Labute approximate surface area is 119 Å². The van der Waals surface area contributed by atoms with Gasteiger partial charge in [-0.25, -0.2) is 0 Å². The van der Waals surface area contributed by atoms with Crippen molar-refractivity contribution < 1.29 is 9.53 Å². The summed E-state index contributed by atoms with van der Waals surface area (Å²) in [6.07, 6.45) is 0.544. The van der Waals surface area contributed by atoms with Gasteiger partial charge in [-0.05, 0) is 22.3 Å². The van der Waals surface area contributed by atoms with Crippen LogP contribution in [-0.2, 0) is 16.1 Å². The van der Waals surface area contributed by atoms with Gasteiger partial charge in [0.25, 0.3) is 0 Å². The minimum absolute atomic E-state index is 0.0974. The number of rotatable bonds is 4. The number of esters is 1. The third-order valence-corrected chi connectivity index (χ3v) is 3.99. The van der Waals surface area contributed by atoms with Crippen molar-refractivity contribution in [1.82, 2.24) is 4.90 Å². The third kappa shape index (κ3) is 2.68. The normalized spacial score (nSPS) is 16.1. The van der Waals surface area contributed by atoms with Crippen LogP contribution in [0.2, 0.25) is 0 Å². The number of carbonyl (C=O) groups is 1. The van der Waals surface area contributed by atoms with Gasteiger partial charge in [-0.15, -0.1) is 0 Å². The van der Waals surface area contributed by atoms with Crippen molar-refractivity contribution in [1.29, 1.82) is 0 Å². The molecule has 1 fully saturated rings. The van der Waals surface area contributed by atoms with Crippen LogP contribution in [0, 0.1) is 5.92 Å². The molecule has 2 aromatic rings. The number of ether oxygens (including phenoxy) is 1. The van der Waals surface area contributed by atoms with Crippen molar-refractivity contribution in [3.8, 4) is 0 Å². The zero-order chi connectivity index (χ0) is 13.9. The van der Waals surface area contributed by atoms with Crippen molar-refractivity contribution in [2.75, 3.05) is 20.2 Å². The van der Waals surface area contributed by atoms with E-state index in [-0.39, 0.29) is 5.97 Å². The monoisotopic (exact) mass is 269 g/mol. The summed E-state index contributed by atoms with van der Waals surface area (Å²) in [6.45, 7) is 2.93. The van der Waals surface area contributed by atoms with Crippen molar-refractivity contribution >= 4 is 16.7 Å². The first-order valence-electron chi connectivity index (χ1n) is 7.02. The maximum atomic E-state index is 11.2. The van der Waals surface area contributed by atoms with Crippen molar-refractivity contribution in [3.63, 3.8) is 0 Å². The number of hydrogen-bond donors (Lipinski definition) is 0. The predicted octanol–water partition coefficient (Wildman–Crippen LogP) is 2.83. The fourth-order valence-corrected chi connectivity index (χ4v) is 2.93. The summed E-state index contributed by atoms with van der Waals surface area (Å²) in [6, 6.07) is 14.9. The number of nitrogens with zero attached hydrogens (tertiary/aromatic N) is 1. The molecule has 0 aliphatic carbocycles. The van der Waals surface area contributed by atoms with Crippen LogP contribution in [0.1, 0.15) is 12.0 Å². The van der Waals surface area contributed by atoms with Gasteiger partial charge in [0.05, 0.1) is 13.5 Å². The molecule has 2 aromatic carbocycles. The Balaban J connectivity index is 1.63. The molecule has 0 amide bonds. The zero-order valence-corrected chi connectivity index (χ0v) is 11.7. The minimum atomic E-state index is -0.0974. The highest BCUT2D eigenvalue weighted by atomic mass is 16.5. The molecule has 1 saturated heterocycles. The molecule has 3 nitrogen and oxygen atoms in total. The molecule has 0 radical (unpaired) electrons. The summed E-state index contributed by atoms with van der Waals surface area (Å²) < 4.78 is 4.71. The first kappa shape index (κ1) is 13.1. The van der Waals surface area contributed by atoms with Gasteiger partial charge in [-0.2, -0.15) is 0 Å². The molecule has 3 heteroatoms. The molecule has 1 heterocycles. The van der Waals surface area contributed by atoms with Crippen LogP contribution in [-0.4, -0.2) is 31.1 Å². The van der Waals surface area contributed by atoms with Crippen LogP contribution in [0.4, 0.5) is 0 Å². The molecule has 0 saturated carbocycles. The molecule has 0 bridgehead atoms. The van der Waals surface area contributed by atoms with Gasteiger partial charge in [0.1, 0.15) is 0 Å². The van der Waals surface area contributed by atoms with Crippen LogP contribution in [0.5, 0.6) is 0 Å². The van der Waals surface area contributed by atoms with E-state index in [0.29, 0.717) is 12.3 Å². The second-order valence-corrected chi connectivity index (χ2v) is 5.48. The molecule has 20 heavy (non-hydrogen) atoms. The lowest BCUT2D eigenvalue weighted by Crippen LogP contribution is -2.46. The fraction of sp³-hybridized carbons (Fsp3) is 0.353. The molecular weight excluding hydrogens is 250 g/mol. The molecule has 0 spiro atoms. The van der Waals surface area contributed by atoms with Crippen molar-refractivity contribution in [2.24, 2.45) is 5.92 Å². The number of benzene rings is 2. The third-order valence-electron chi connectivity index (χ3n) is 3.99. The largest absolute Gasteiger partial charge is 0.469 e. The highest BCUT2D eigenvalue weighted by Crippen LogP contribution is 2.25. The topological polar surface area (TPSA) is 29.5 Å². The van der Waals surface area contributed by atoms with E-state index in [0.717, 1.165) is 19.6 Å². The van der Waals surface area contributed by atoms with Gasteiger partial charge >= 0.3 is 5.97 Å². The van der Waals surface area contributed by atoms with Gasteiger partial charge in [-0.1, -0.05) is 42.5 Å². The number of hydrogen-bond acceptors (Lipinski definition) is 3. The summed E-state index contributed by atoms with van der Waals surface area (Å²) in [4.78, 5) is 13.6. The van der Waals surface area contributed by atoms with Gasteiger partial charge in [0, 0.05) is 19.6 Å². The highest BCUT2D eigenvalue weighted by Gasteiger charge is 2.28. The second-order valence-electron chi connectivity index (χ2n) is 5.48. The molecule has 0 atom stereocenters. The fourth-order valence-electron chi connectivity index (χ4n) is 2.93. The lowest BCUT2D eigenvalue weighted by molar-refractivity contribution is -0.143. The van der Waals surface area contributed by atoms with Crippen molar-refractivity contribution in [3.05, 3.63) is 48.0 Å². The Hall–Kier alpha value is -1.87. The van der Waals surface area contributed by atoms with Gasteiger partial charge in [0.15, 0.2) is 0 Å². The van der Waals surface area contributed by atoms with Crippen molar-refractivity contribution in [2.45, 2.75) is 13.0 Å². The number of fused-ring (bicyclic) bond motifs is 1. The standard InChI is InChI=1S/C17H19NO2/c1-20-17(19)9-13-10-18(11-13)12-15-7-4-6-14-5-2-3-8-16(14)15/h2-8,13H,9-12H2,1H3. The Bertz CT molecular complexity index is 612. The van der Waals surface area contributed by atoms with E-state index < -0.39 is 0 Å². The van der Waals surface area contributed by atoms with Crippen LogP contribution < -0.4 is 0 Å². The smallest absolute Gasteiger partial charge is 0.305 e. The SMILES string of the molecule is COC(=O)CC1CN(Cc2cccc3ccccc23)C1. The maximum absolute atomic E-state index is 11.2. The van der Waals surface area contributed by atoms with Crippen LogP contribution in [0.15, 0.2) is 42.5 Å². The average molecular weight is 269 g/mol. The van der Waals surface area contributed by atoms with E-state index in [2.05, 4.69) is 47.4 Å². The summed E-state index contributed by atoms with van der Waals surface area (Å²) in [7, 11) is 1.45. The van der Waals surface area contributed by atoms with E-state index in [4.69, 9.17) is 4.74 Å². The predicted molar refractivity (Wildman–Crippen MR) is 79.3 cm³/mol. The van der Waals surface area contributed by atoms with Gasteiger partial charge in [-0.3, -0.25) is 9.69 Å². The number of methoxy groups -OCH3 is 1. The number of carbonyl (C=O) groups excluding carboxylic acids is 1. The van der Waals surface area contributed by atoms with E-state index in [1.165, 1.54) is 23.4 Å². The van der Waals surface area contributed by atoms with Crippen LogP contribution in [0.3, 0.4) is 0 Å². The Morgan fingerprint density at radius 1 is 1.20 bits per heavy atom. The highest BCUT2D eigenvalue weighted by molar-refractivity contribution is 5.85.